The van der Waals surface area contributed by atoms with E-state index in [9.17, 15) is 4.79 Å². The topological polar surface area (TPSA) is 54.9 Å². The second-order valence-electron chi connectivity index (χ2n) is 4.81. The van der Waals surface area contributed by atoms with Gasteiger partial charge < -0.3 is 5.32 Å². The second kappa shape index (κ2) is 4.26. The Morgan fingerprint density at radius 3 is 2.33 bits per heavy atom. The lowest BCUT2D eigenvalue weighted by Gasteiger charge is -2.12. The van der Waals surface area contributed by atoms with Crippen LogP contribution in [0.1, 0.15) is 39.6 Å². The zero-order valence-corrected chi connectivity index (χ0v) is 10.6. The molecule has 0 spiro atoms. The molecule has 4 nitrogen and oxygen atoms in total. The fourth-order valence-corrected chi connectivity index (χ4v) is 1.63. The Kier molecular flexibility index (Phi) is 3.44. The molecule has 5 heteroatoms. The van der Waals surface area contributed by atoms with Crippen molar-refractivity contribution in [3.8, 4) is 0 Å². The first-order valence-electron chi connectivity index (χ1n) is 4.95. The van der Waals surface area contributed by atoms with E-state index < -0.39 is 0 Å². The molecule has 84 valence electrons. The molecule has 0 aliphatic rings. The van der Waals surface area contributed by atoms with Crippen LogP contribution in [0.25, 0.3) is 0 Å². The lowest BCUT2D eigenvalue weighted by Crippen LogP contribution is -2.17. The minimum absolute atomic E-state index is 0.0154. The number of amides is 1. The van der Waals surface area contributed by atoms with E-state index in [0.717, 1.165) is 5.01 Å². The van der Waals surface area contributed by atoms with Gasteiger partial charge in [-0.2, -0.15) is 0 Å². The first-order valence-corrected chi connectivity index (χ1v) is 5.77. The van der Waals surface area contributed by atoms with Gasteiger partial charge in [0, 0.05) is 11.3 Å². The van der Waals surface area contributed by atoms with Crippen LogP contribution < -0.4 is 5.32 Å². The van der Waals surface area contributed by atoms with Gasteiger partial charge in [0.15, 0.2) is 0 Å². The number of aromatic nitrogens is 2. The Morgan fingerprint density at radius 2 is 1.93 bits per heavy atom. The van der Waals surface area contributed by atoms with E-state index in [1.165, 1.54) is 11.3 Å². The minimum atomic E-state index is -0.0352. The largest absolute Gasteiger partial charge is 0.300 e. The summed E-state index contributed by atoms with van der Waals surface area (Å²) in [6.07, 6.45) is 0. The SMILES string of the molecule is CC(C)C(=O)Nc1nnc(C(C)(C)C)s1. The molecule has 0 saturated heterocycles. The molecule has 0 bridgehead atoms. The molecule has 15 heavy (non-hydrogen) atoms. The number of rotatable bonds is 2. The first-order chi connectivity index (χ1) is 6.80. The third-order valence-corrected chi connectivity index (χ3v) is 3.09. The lowest BCUT2D eigenvalue weighted by atomic mass is 9.98. The molecular formula is C10H17N3OS. The molecule has 0 saturated carbocycles. The standard InChI is InChI=1S/C10H17N3OS/c1-6(2)7(14)11-9-13-12-8(15-9)10(3,4)5/h6H,1-5H3,(H,11,13,14). The summed E-state index contributed by atoms with van der Waals surface area (Å²) in [6, 6.07) is 0. The average Bonchev–Trinajstić information content (AvgIpc) is 2.51. The first kappa shape index (κ1) is 12.1. The highest BCUT2D eigenvalue weighted by molar-refractivity contribution is 7.15. The van der Waals surface area contributed by atoms with Crippen molar-refractivity contribution in [3.05, 3.63) is 5.01 Å². The van der Waals surface area contributed by atoms with E-state index in [-0.39, 0.29) is 17.2 Å². The maximum absolute atomic E-state index is 11.4. The molecule has 0 radical (unpaired) electrons. The third-order valence-electron chi connectivity index (χ3n) is 1.82. The highest BCUT2D eigenvalue weighted by Gasteiger charge is 2.20. The van der Waals surface area contributed by atoms with Gasteiger partial charge in [0.25, 0.3) is 0 Å². The number of nitrogens with one attached hydrogen (secondary N) is 1. The van der Waals surface area contributed by atoms with Crippen LogP contribution in [-0.4, -0.2) is 16.1 Å². The summed E-state index contributed by atoms with van der Waals surface area (Å²) in [4.78, 5) is 11.4. The molecule has 0 aromatic carbocycles. The molecule has 0 aliphatic carbocycles. The number of hydrogen-bond donors (Lipinski definition) is 1. The number of carbonyl (C=O) groups is 1. The van der Waals surface area contributed by atoms with E-state index in [0.29, 0.717) is 5.13 Å². The van der Waals surface area contributed by atoms with Crippen LogP contribution in [0.3, 0.4) is 0 Å². The van der Waals surface area contributed by atoms with Crippen molar-refractivity contribution in [2.45, 2.75) is 40.0 Å². The Balaban J connectivity index is 2.73. The Hall–Kier alpha value is -0.970. The molecule has 1 N–H and O–H groups in total. The molecule has 1 aromatic rings. The quantitative estimate of drug-likeness (QED) is 0.844. The van der Waals surface area contributed by atoms with Crippen LogP contribution in [-0.2, 0) is 10.2 Å². The van der Waals surface area contributed by atoms with Crippen molar-refractivity contribution < 1.29 is 4.79 Å². The minimum Gasteiger partial charge on any atom is -0.300 e. The van der Waals surface area contributed by atoms with Crippen molar-refractivity contribution >= 4 is 22.4 Å². The van der Waals surface area contributed by atoms with Crippen LogP contribution in [0.15, 0.2) is 0 Å². The number of hydrogen-bond acceptors (Lipinski definition) is 4. The van der Waals surface area contributed by atoms with Gasteiger partial charge in [-0.3, -0.25) is 4.79 Å². The van der Waals surface area contributed by atoms with Crippen LogP contribution in [0.4, 0.5) is 5.13 Å². The molecule has 1 rings (SSSR count). The van der Waals surface area contributed by atoms with Gasteiger partial charge in [0.2, 0.25) is 11.0 Å². The van der Waals surface area contributed by atoms with Crippen LogP contribution in [0, 0.1) is 5.92 Å². The number of nitrogens with zero attached hydrogens (tertiary/aromatic N) is 2. The van der Waals surface area contributed by atoms with Crippen molar-refractivity contribution in [3.63, 3.8) is 0 Å². The predicted molar refractivity (Wildman–Crippen MR) is 62.1 cm³/mol. The van der Waals surface area contributed by atoms with Gasteiger partial charge in [-0.25, -0.2) is 0 Å². The Morgan fingerprint density at radius 1 is 1.33 bits per heavy atom. The van der Waals surface area contributed by atoms with Crippen molar-refractivity contribution in [2.75, 3.05) is 5.32 Å². The summed E-state index contributed by atoms with van der Waals surface area (Å²) >= 11 is 1.43. The van der Waals surface area contributed by atoms with Gasteiger partial charge in [0.1, 0.15) is 5.01 Å². The summed E-state index contributed by atoms with van der Waals surface area (Å²) in [5, 5.41) is 12.2. The normalized spacial score (nSPS) is 11.9. The zero-order chi connectivity index (χ0) is 11.6. The van der Waals surface area contributed by atoms with Gasteiger partial charge >= 0.3 is 0 Å². The van der Waals surface area contributed by atoms with Crippen LogP contribution >= 0.6 is 11.3 Å². The van der Waals surface area contributed by atoms with Crippen molar-refractivity contribution in [2.24, 2.45) is 5.92 Å². The van der Waals surface area contributed by atoms with E-state index >= 15 is 0 Å². The lowest BCUT2D eigenvalue weighted by molar-refractivity contribution is -0.118. The molecule has 0 atom stereocenters. The summed E-state index contributed by atoms with van der Waals surface area (Å²) in [5.41, 5.74) is -0.0154. The van der Waals surface area contributed by atoms with Gasteiger partial charge in [-0.1, -0.05) is 46.0 Å². The van der Waals surface area contributed by atoms with Crippen LogP contribution in [0.5, 0.6) is 0 Å². The molecule has 1 amide bonds. The highest BCUT2D eigenvalue weighted by Crippen LogP contribution is 2.27. The predicted octanol–water partition coefficient (Wildman–Crippen LogP) is 2.43. The monoisotopic (exact) mass is 227 g/mol. The summed E-state index contributed by atoms with van der Waals surface area (Å²) < 4.78 is 0. The second-order valence-corrected chi connectivity index (χ2v) is 5.78. The average molecular weight is 227 g/mol. The molecule has 0 fully saturated rings. The van der Waals surface area contributed by atoms with Gasteiger partial charge in [-0.05, 0) is 0 Å². The van der Waals surface area contributed by atoms with Crippen LogP contribution in [0.2, 0.25) is 0 Å². The molecular weight excluding hydrogens is 210 g/mol. The molecule has 1 aromatic heterocycles. The molecule has 0 aliphatic heterocycles. The summed E-state index contributed by atoms with van der Waals surface area (Å²) in [6.45, 7) is 9.91. The zero-order valence-electron chi connectivity index (χ0n) is 9.79. The third kappa shape index (κ3) is 3.27. The van der Waals surface area contributed by atoms with E-state index in [1.54, 1.807) is 0 Å². The Bertz CT molecular complexity index is 352. The smallest absolute Gasteiger partial charge is 0.228 e. The van der Waals surface area contributed by atoms with Crippen molar-refractivity contribution in [1.29, 1.82) is 0 Å². The molecule has 0 unspecified atom stereocenters. The van der Waals surface area contributed by atoms with Gasteiger partial charge in [-0.15, -0.1) is 10.2 Å². The van der Waals surface area contributed by atoms with Crippen molar-refractivity contribution in [1.82, 2.24) is 10.2 Å². The number of carbonyl (C=O) groups excluding carboxylic acids is 1. The summed E-state index contributed by atoms with van der Waals surface area (Å²) in [5.74, 6) is -0.0569. The van der Waals surface area contributed by atoms with Gasteiger partial charge in [0.05, 0.1) is 0 Å². The summed E-state index contributed by atoms with van der Waals surface area (Å²) in [7, 11) is 0. The van der Waals surface area contributed by atoms with E-state index in [4.69, 9.17) is 0 Å². The fraction of sp³-hybridized carbons (Fsp3) is 0.700. The Labute approximate surface area is 94.1 Å². The maximum atomic E-state index is 11.4. The maximum Gasteiger partial charge on any atom is 0.228 e. The molecule has 1 heterocycles. The van der Waals surface area contributed by atoms with E-state index in [1.807, 2.05) is 13.8 Å². The number of anilines is 1. The van der Waals surface area contributed by atoms with E-state index in [2.05, 4.69) is 36.3 Å². The highest BCUT2D eigenvalue weighted by atomic mass is 32.1. The fourth-order valence-electron chi connectivity index (χ4n) is 0.827.